The van der Waals surface area contributed by atoms with Crippen LogP contribution in [0.25, 0.3) is 0 Å². The molecule has 0 aliphatic carbocycles. The van der Waals surface area contributed by atoms with Crippen molar-refractivity contribution in [2.75, 3.05) is 0 Å². The number of benzene rings is 1. The second kappa shape index (κ2) is 5.10. The number of hydrogen-bond acceptors (Lipinski definition) is 4. The maximum Gasteiger partial charge on any atom is 0.323 e. The average molecular weight is 337 g/mol. The first-order valence-electron chi connectivity index (χ1n) is 4.86. The van der Waals surface area contributed by atoms with E-state index in [0.29, 0.717) is 17.1 Å². The molecule has 0 bridgehead atoms. The molecule has 0 fully saturated rings. The van der Waals surface area contributed by atoms with Gasteiger partial charge in [0.2, 0.25) is 0 Å². The normalized spacial score (nSPS) is 9.71. The predicted octanol–water partition coefficient (Wildman–Crippen LogP) is 3.05. The molecule has 0 N–H and O–H groups in total. The second-order valence-corrected chi connectivity index (χ2v) is 4.59. The number of ether oxygens (including phenoxy) is 1. The summed E-state index contributed by atoms with van der Waals surface area (Å²) in [5, 5.41) is 8.79. The van der Waals surface area contributed by atoms with Crippen LogP contribution in [0.3, 0.4) is 0 Å². The molecule has 0 amide bonds. The van der Waals surface area contributed by atoms with Crippen LogP contribution in [-0.4, -0.2) is 9.97 Å². The van der Waals surface area contributed by atoms with E-state index in [-0.39, 0.29) is 6.01 Å². The van der Waals surface area contributed by atoms with Crippen molar-refractivity contribution in [1.29, 1.82) is 5.26 Å². The van der Waals surface area contributed by atoms with Crippen molar-refractivity contribution in [3.8, 4) is 17.8 Å². The Hall–Kier alpha value is -1.68. The van der Waals surface area contributed by atoms with Crippen molar-refractivity contribution < 1.29 is 4.74 Å². The number of aromatic nitrogens is 2. The first-order chi connectivity index (χ1) is 8.17. The fourth-order valence-corrected chi connectivity index (χ4v) is 1.61. The van der Waals surface area contributed by atoms with Gasteiger partial charge in [0.05, 0.1) is 0 Å². The molecule has 2 rings (SSSR count). The molecule has 4 nitrogen and oxygen atoms in total. The summed E-state index contributed by atoms with van der Waals surface area (Å²) >= 11 is 2.21. The van der Waals surface area contributed by atoms with E-state index in [9.17, 15) is 0 Å². The maximum atomic E-state index is 8.79. The number of nitriles is 1. The van der Waals surface area contributed by atoms with E-state index in [1.807, 2.05) is 30.3 Å². The van der Waals surface area contributed by atoms with Crippen LogP contribution in [0.15, 0.2) is 30.3 Å². The van der Waals surface area contributed by atoms with Crippen LogP contribution in [0.4, 0.5) is 0 Å². The van der Waals surface area contributed by atoms with E-state index in [1.54, 1.807) is 13.0 Å². The fraction of sp³-hybridized carbons (Fsp3) is 0.0833. The van der Waals surface area contributed by atoms with Gasteiger partial charge in [-0.1, -0.05) is 0 Å². The molecule has 0 aliphatic heterocycles. The first kappa shape index (κ1) is 11.8. The minimum atomic E-state index is 0.197. The molecule has 0 saturated heterocycles. The highest BCUT2D eigenvalue weighted by atomic mass is 127. The van der Waals surface area contributed by atoms with Gasteiger partial charge < -0.3 is 4.74 Å². The number of hydrogen-bond donors (Lipinski definition) is 0. The van der Waals surface area contributed by atoms with Gasteiger partial charge in [0.15, 0.2) is 0 Å². The highest BCUT2D eigenvalue weighted by Gasteiger charge is 2.04. The molecule has 1 heterocycles. The molecule has 2 aromatic rings. The molecule has 5 heteroatoms. The van der Waals surface area contributed by atoms with Gasteiger partial charge in [0.25, 0.3) is 0 Å². The fourth-order valence-electron chi connectivity index (χ4n) is 1.25. The Bertz CT molecular complexity index is 575. The van der Waals surface area contributed by atoms with Gasteiger partial charge in [-0.2, -0.15) is 10.2 Å². The van der Waals surface area contributed by atoms with Crippen molar-refractivity contribution in [2.24, 2.45) is 0 Å². The van der Waals surface area contributed by atoms with Gasteiger partial charge in [-0.05, 0) is 59.8 Å². The molecule has 17 heavy (non-hydrogen) atoms. The van der Waals surface area contributed by atoms with Crippen LogP contribution < -0.4 is 4.74 Å². The summed E-state index contributed by atoms with van der Waals surface area (Å²) < 4.78 is 6.60. The van der Waals surface area contributed by atoms with Gasteiger partial charge in [-0.25, -0.2) is 4.98 Å². The zero-order chi connectivity index (χ0) is 12.3. The molecular weight excluding hydrogens is 329 g/mol. The van der Waals surface area contributed by atoms with Gasteiger partial charge in [-0.15, -0.1) is 0 Å². The van der Waals surface area contributed by atoms with Crippen molar-refractivity contribution in [2.45, 2.75) is 6.92 Å². The SMILES string of the molecule is Cc1cc(C#N)nc(Oc2ccc(I)cc2)n1. The minimum absolute atomic E-state index is 0.197. The van der Waals surface area contributed by atoms with Crippen LogP contribution in [0.2, 0.25) is 0 Å². The summed E-state index contributed by atoms with van der Waals surface area (Å²) in [4.78, 5) is 8.09. The maximum absolute atomic E-state index is 8.79. The van der Waals surface area contributed by atoms with Gasteiger partial charge >= 0.3 is 6.01 Å². The number of nitrogens with zero attached hydrogens (tertiary/aromatic N) is 3. The summed E-state index contributed by atoms with van der Waals surface area (Å²) in [6, 6.07) is 11.3. The number of halogens is 1. The van der Waals surface area contributed by atoms with E-state index in [2.05, 4.69) is 32.6 Å². The van der Waals surface area contributed by atoms with Crippen molar-refractivity contribution >= 4 is 22.6 Å². The minimum Gasteiger partial charge on any atom is -0.424 e. The molecule has 0 atom stereocenters. The van der Waals surface area contributed by atoms with E-state index in [1.165, 1.54) is 0 Å². The Morgan fingerprint density at radius 3 is 2.59 bits per heavy atom. The number of rotatable bonds is 2. The van der Waals surface area contributed by atoms with Gasteiger partial charge in [0.1, 0.15) is 17.5 Å². The number of aryl methyl sites for hydroxylation is 1. The lowest BCUT2D eigenvalue weighted by Crippen LogP contribution is -1.96. The first-order valence-corrected chi connectivity index (χ1v) is 5.94. The Balaban J connectivity index is 2.27. The smallest absolute Gasteiger partial charge is 0.323 e. The third-order valence-corrected chi connectivity index (χ3v) is 2.69. The summed E-state index contributed by atoms with van der Waals surface area (Å²) in [6.45, 7) is 1.79. The van der Waals surface area contributed by atoms with E-state index in [4.69, 9.17) is 10.00 Å². The average Bonchev–Trinajstić information content (AvgIpc) is 2.31. The molecule has 84 valence electrons. The van der Waals surface area contributed by atoms with Crippen LogP contribution in [0.1, 0.15) is 11.4 Å². The summed E-state index contributed by atoms with van der Waals surface area (Å²) in [5.74, 6) is 0.653. The van der Waals surface area contributed by atoms with Gasteiger partial charge in [-0.3, -0.25) is 0 Å². The molecule has 1 aromatic heterocycles. The van der Waals surface area contributed by atoms with Crippen molar-refractivity contribution in [3.63, 3.8) is 0 Å². The third-order valence-electron chi connectivity index (χ3n) is 1.97. The Morgan fingerprint density at radius 2 is 1.94 bits per heavy atom. The molecule has 0 radical (unpaired) electrons. The Labute approximate surface area is 112 Å². The molecule has 1 aromatic carbocycles. The lowest BCUT2D eigenvalue weighted by atomic mass is 10.3. The van der Waals surface area contributed by atoms with Gasteiger partial charge in [0, 0.05) is 9.26 Å². The Morgan fingerprint density at radius 1 is 1.24 bits per heavy atom. The molecule has 0 aliphatic rings. The zero-order valence-corrected chi connectivity index (χ0v) is 11.2. The largest absolute Gasteiger partial charge is 0.424 e. The highest BCUT2D eigenvalue weighted by Crippen LogP contribution is 2.19. The molecule has 0 unspecified atom stereocenters. The summed E-state index contributed by atoms with van der Waals surface area (Å²) in [7, 11) is 0. The quantitative estimate of drug-likeness (QED) is 0.791. The van der Waals surface area contributed by atoms with Crippen LogP contribution in [0, 0.1) is 21.8 Å². The van der Waals surface area contributed by atoms with Crippen LogP contribution in [0.5, 0.6) is 11.8 Å². The Kier molecular flexibility index (Phi) is 3.54. The van der Waals surface area contributed by atoms with Crippen LogP contribution in [-0.2, 0) is 0 Å². The van der Waals surface area contributed by atoms with E-state index >= 15 is 0 Å². The molecular formula is C12H8IN3O. The van der Waals surface area contributed by atoms with Crippen molar-refractivity contribution in [1.82, 2.24) is 9.97 Å². The lowest BCUT2D eigenvalue weighted by molar-refractivity contribution is 0.439. The molecule has 0 saturated carbocycles. The molecule has 0 spiro atoms. The van der Waals surface area contributed by atoms with Crippen LogP contribution >= 0.6 is 22.6 Å². The lowest BCUT2D eigenvalue weighted by Gasteiger charge is -2.04. The van der Waals surface area contributed by atoms with E-state index in [0.717, 1.165) is 3.57 Å². The predicted molar refractivity (Wildman–Crippen MR) is 70.7 cm³/mol. The standard InChI is InChI=1S/C12H8IN3O/c1-8-6-10(7-14)16-12(15-8)17-11-4-2-9(13)3-5-11/h2-6H,1H3. The highest BCUT2D eigenvalue weighted by molar-refractivity contribution is 14.1. The zero-order valence-electron chi connectivity index (χ0n) is 9.01. The second-order valence-electron chi connectivity index (χ2n) is 3.34. The van der Waals surface area contributed by atoms with E-state index < -0.39 is 0 Å². The monoisotopic (exact) mass is 337 g/mol. The summed E-state index contributed by atoms with van der Waals surface area (Å²) in [6.07, 6.45) is 0. The third kappa shape index (κ3) is 3.14. The van der Waals surface area contributed by atoms with Crippen molar-refractivity contribution in [3.05, 3.63) is 45.3 Å². The topological polar surface area (TPSA) is 58.8 Å². The summed E-state index contributed by atoms with van der Waals surface area (Å²) in [5.41, 5.74) is 1.01.